The molecule has 1 N–H and O–H groups in total. The summed E-state index contributed by atoms with van der Waals surface area (Å²) in [6, 6.07) is 11.9. The molecule has 0 amide bonds. The molecule has 4 rings (SSSR count). The van der Waals surface area contributed by atoms with Crippen molar-refractivity contribution in [1.82, 2.24) is 15.0 Å². The fraction of sp³-hybridized carbons (Fsp3) is 0.263. The molecule has 1 aromatic carbocycles. The van der Waals surface area contributed by atoms with E-state index in [1.807, 2.05) is 25.4 Å². The van der Waals surface area contributed by atoms with Crippen LogP contribution in [0.5, 0.6) is 0 Å². The smallest absolute Gasteiger partial charge is 0.142 e. The molecule has 7 heteroatoms. The number of rotatable bonds is 3. The summed E-state index contributed by atoms with van der Waals surface area (Å²) in [5, 5.41) is 19.4. The molecule has 0 saturated carbocycles. The van der Waals surface area contributed by atoms with Crippen molar-refractivity contribution in [1.29, 1.82) is 10.5 Å². The van der Waals surface area contributed by atoms with Crippen molar-refractivity contribution in [2.75, 3.05) is 29.9 Å². The number of benzene rings is 1. The number of nitriles is 2. The highest BCUT2D eigenvalue weighted by atomic mass is 15.3. The maximum absolute atomic E-state index is 9.25. The lowest BCUT2D eigenvalue weighted by atomic mass is 10.1. The molecule has 1 aliphatic heterocycles. The van der Waals surface area contributed by atoms with E-state index >= 15 is 0 Å². The van der Waals surface area contributed by atoms with Crippen LogP contribution in [0.2, 0.25) is 0 Å². The molecule has 3 heterocycles. The lowest BCUT2D eigenvalue weighted by molar-refractivity contribution is 0.692. The van der Waals surface area contributed by atoms with Crippen LogP contribution < -0.4 is 9.80 Å². The van der Waals surface area contributed by atoms with Crippen molar-refractivity contribution in [2.45, 2.75) is 12.5 Å². The van der Waals surface area contributed by atoms with Crippen LogP contribution in [0.15, 0.2) is 36.8 Å². The van der Waals surface area contributed by atoms with Gasteiger partial charge in [0.15, 0.2) is 0 Å². The van der Waals surface area contributed by atoms with E-state index in [0.29, 0.717) is 17.2 Å². The van der Waals surface area contributed by atoms with Gasteiger partial charge in [0.25, 0.3) is 0 Å². The Hall–Kier alpha value is -3.58. The van der Waals surface area contributed by atoms with Gasteiger partial charge in [-0.05, 0) is 30.7 Å². The molecule has 1 saturated heterocycles. The van der Waals surface area contributed by atoms with Crippen molar-refractivity contribution < 1.29 is 0 Å². The predicted molar refractivity (Wildman–Crippen MR) is 98.8 cm³/mol. The first-order chi connectivity index (χ1) is 12.7. The summed E-state index contributed by atoms with van der Waals surface area (Å²) in [6.07, 6.45) is 4.46. The van der Waals surface area contributed by atoms with E-state index in [1.54, 1.807) is 18.5 Å². The highest BCUT2D eigenvalue weighted by molar-refractivity contribution is 5.87. The molecule has 0 radical (unpaired) electrons. The lowest BCUT2D eigenvalue weighted by Crippen LogP contribution is -2.34. The highest BCUT2D eigenvalue weighted by Crippen LogP contribution is 2.29. The zero-order valence-corrected chi connectivity index (χ0v) is 14.3. The Morgan fingerprint density at radius 1 is 1.19 bits per heavy atom. The number of anilines is 2. The molecule has 26 heavy (non-hydrogen) atoms. The Bertz CT molecular complexity index is 1040. The second kappa shape index (κ2) is 6.38. The largest absolute Gasteiger partial charge is 0.370 e. The average Bonchev–Trinajstić information content (AvgIpc) is 3.36. The molecular formula is C19H17N7. The number of H-pyrrole nitrogens is 1. The molecule has 1 aliphatic rings. The van der Waals surface area contributed by atoms with Crippen LogP contribution in [0.3, 0.4) is 0 Å². The van der Waals surface area contributed by atoms with Gasteiger partial charge in [-0.3, -0.25) is 0 Å². The number of hydrogen-bond acceptors (Lipinski definition) is 6. The number of likely N-dealkylation sites (N-methyl/N-ethyl adjacent to an activating group) is 1. The number of hydrogen-bond donors (Lipinski definition) is 1. The quantitative estimate of drug-likeness (QED) is 0.784. The monoisotopic (exact) mass is 343 g/mol. The van der Waals surface area contributed by atoms with Crippen LogP contribution in [0.1, 0.15) is 17.5 Å². The Labute approximate surface area is 151 Å². The SMILES string of the molecule is CN(c1ccc(C#N)c(C#N)c1)C1CCN(c2ncnc3[nH]ccc23)C1. The van der Waals surface area contributed by atoms with Gasteiger partial charge in [0.2, 0.25) is 0 Å². The zero-order valence-electron chi connectivity index (χ0n) is 14.3. The minimum atomic E-state index is 0.304. The zero-order chi connectivity index (χ0) is 18.1. The third-order valence-corrected chi connectivity index (χ3v) is 4.99. The van der Waals surface area contributed by atoms with Gasteiger partial charge < -0.3 is 14.8 Å². The number of nitrogens with one attached hydrogen (secondary N) is 1. The minimum Gasteiger partial charge on any atom is -0.370 e. The van der Waals surface area contributed by atoms with Crippen LogP contribution in [0.25, 0.3) is 11.0 Å². The summed E-state index contributed by atoms with van der Waals surface area (Å²) < 4.78 is 0. The third kappa shape index (κ3) is 2.60. The van der Waals surface area contributed by atoms with Gasteiger partial charge in [-0.15, -0.1) is 0 Å². The molecule has 0 bridgehead atoms. The standard InChI is InChI=1S/C19H17N7/c1-25(15-3-2-13(9-20)14(8-15)10-21)16-5-7-26(11-16)19-17-4-6-22-18(17)23-12-24-19/h2-4,6,8,12,16H,5,7,11H2,1H3,(H,22,23,24). The maximum atomic E-state index is 9.25. The van der Waals surface area contributed by atoms with E-state index in [1.165, 1.54) is 0 Å². The van der Waals surface area contributed by atoms with Crippen molar-refractivity contribution in [3.05, 3.63) is 47.9 Å². The van der Waals surface area contributed by atoms with Crippen LogP contribution >= 0.6 is 0 Å². The third-order valence-electron chi connectivity index (χ3n) is 4.99. The normalized spacial score (nSPS) is 16.4. The molecule has 7 nitrogen and oxygen atoms in total. The topological polar surface area (TPSA) is 95.6 Å². The van der Waals surface area contributed by atoms with E-state index in [-0.39, 0.29) is 0 Å². The molecule has 1 fully saturated rings. The second-order valence-electron chi connectivity index (χ2n) is 6.39. The summed E-state index contributed by atoms with van der Waals surface area (Å²) >= 11 is 0. The van der Waals surface area contributed by atoms with Gasteiger partial charge in [0, 0.05) is 38.1 Å². The Kier molecular flexibility index (Phi) is 3.91. The van der Waals surface area contributed by atoms with Gasteiger partial charge in [0.1, 0.15) is 29.9 Å². The van der Waals surface area contributed by atoms with Crippen molar-refractivity contribution in [2.24, 2.45) is 0 Å². The lowest BCUT2D eigenvalue weighted by Gasteiger charge is -2.27. The molecule has 0 spiro atoms. The molecule has 1 unspecified atom stereocenters. The summed E-state index contributed by atoms with van der Waals surface area (Å²) in [4.78, 5) is 16.3. The molecule has 3 aromatic rings. The van der Waals surface area contributed by atoms with Crippen LogP contribution in [-0.2, 0) is 0 Å². The van der Waals surface area contributed by atoms with Gasteiger partial charge in [-0.2, -0.15) is 10.5 Å². The van der Waals surface area contributed by atoms with E-state index < -0.39 is 0 Å². The van der Waals surface area contributed by atoms with Crippen molar-refractivity contribution >= 4 is 22.5 Å². The number of aromatic nitrogens is 3. The van der Waals surface area contributed by atoms with Crippen LogP contribution in [-0.4, -0.2) is 41.1 Å². The molecular weight excluding hydrogens is 326 g/mol. The first-order valence-electron chi connectivity index (χ1n) is 8.41. The first-order valence-corrected chi connectivity index (χ1v) is 8.41. The minimum absolute atomic E-state index is 0.304. The second-order valence-corrected chi connectivity index (χ2v) is 6.39. The van der Waals surface area contributed by atoms with Crippen molar-refractivity contribution in [3.8, 4) is 12.1 Å². The Morgan fingerprint density at radius 3 is 2.85 bits per heavy atom. The van der Waals surface area contributed by atoms with Gasteiger partial charge in [-0.25, -0.2) is 9.97 Å². The highest BCUT2D eigenvalue weighted by Gasteiger charge is 2.28. The van der Waals surface area contributed by atoms with Crippen LogP contribution in [0, 0.1) is 22.7 Å². The molecule has 1 atom stereocenters. The van der Waals surface area contributed by atoms with Crippen molar-refractivity contribution in [3.63, 3.8) is 0 Å². The Balaban J connectivity index is 1.56. The predicted octanol–water partition coefficient (Wildman–Crippen LogP) is 2.42. The average molecular weight is 343 g/mol. The fourth-order valence-corrected chi connectivity index (χ4v) is 3.51. The van der Waals surface area contributed by atoms with Gasteiger partial charge >= 0.3 is 0 Å². The molecule has 0 aliphatic carbocycles. The maximum Gasteiger partial charge on any atom is 0.142 e. The number of nitrogens with zero attached hydrogens (tertiary/aromatic N) is 6. The summed E-state index contributed by atoms with van der Waals surface area (Å²) in [7, 11) is 2.03. The van der Waals surface area contributed by atoms with Gasteiger partial charge in [-0.1, -0.05) is 0 Å². The first kappa shape index (κ1) is 15.9. The number of fused-ring (bicyclic) bond motifs is 1. The Morgan fingerprint density at radius 2 is 2.04 bits per heavy atom. The van der Waals surface area contributed by atoms with E-state index in [0.717, 1.165) is 42.0 Å². The van der Waals surface area contributed by atoms with E-state index in [4.69, 9.17) is 5.26 Å². The fourth-order valence-electron chi connectivity index (χ4n) is 3.51. The van der Waals surface area contributed by atoms with Crippen LogP contribution in [0.4, 0.5) is 11.5 Å². The van der Waals surface area contributed by atoms with E-state index in [9.17, 15) is 5.26 Å². The molecule has 128 valence electrons. The molecule has 2 aromatic heterocycles. The van der Waals surface area contributed by atoms with E-state index in [2.05, 4.69) is 36.9 Å². The van der Waals surface area contributed by atoms with Gasteiger partial charge in [0.05, 0.1) is 16.5 Å². The summed E-state index contributed by atoms with van der Waals surface area (Å²) in [6.45, 7) is 1.75. The summed E-state index contributed by atoms with van der Waals surface area (Å²) in [5.74, 6) is 0.949. The summed E-state index contributed by atoms with van der Waals surface area (Å²) in [5.41, 5.74) is 2.62. The number of aromatic amines is 1.